The molecule has 0 aromatic carbocycles. The lowest BCUT2D eigenvalue weighted by Crippen LogP contribution is -2.10. The second-order valence-corrected chi connectivity index (χ2v) is 2.87. The van der Waals surface area contributed by atoms with Gasteiger partial charge in [0.05, 0.1) is 0 Å². The van der Waals surface area contributed by atoms with Crippen molar-refractivity contribution < 1.29 is 0 Å². The van der Waals surface area contributed by atoms with Crippen LogP contribution in [0, 0.1) is 3.70 Å². The van der Waals surface area contributed by atoms with Gasteiger partial charge in [0.15, 0.2) is 0 Å². The summed E-state index contributed by atoms with van der Waals surface area (Å²) in [6.45, 7) is 0. The summed E-state index contributed by atoms with van der Waals surface area (Å²) in [5, 5.41) is 0.319. The van der Waals surface area contributed by atoms with Gasteiger partial charge in [0, 0.05) is 6.07 Å². The predicted molar refractivity (Wildman–Crippen MR) is 42.6 cm³/mol. The number of nitrogens with zero attached hydrogens (tertiary/aromatic N) is 1. The van der Waals surface area contributed by atoms with Gasteiger partial charge in [0.2, 0.25) is 0 Å². The molecule has 0 unspecified atom stereocenters. The van der Waals surface area contributed by atoms with E-state index >= 15 is 0 Å². The fourth-order valence-corrected chi connectivity index (χ4v) is 1.30. The van der Waals surface area contributed by atoms with Crippen molar-refractivity contribution in [2.45, 2.75) is 0 Å². The molecule has 0 radical (unpaired) electrons. The number of aromatic amines is 1. The Balaban J connectivity index is 3.33. The largest absolute Gasteiger partial charge is 0.347 e. The molecule has 9 heavy (non-hydrogen) atoms. The fourth-order valence-electron chi connectivity index (χ4n) is 0.400. The van der Waals surface area contributed by atoms with Crippen LogP contribution in [0.3, 0.4) is 0 Å². The Hall–Kier alpha value is -0.100. The molecular weight excluding hydrogens is 254 g/mol. The van der Waals surface area contributed by atoms with Crippen molar-refractivity contribution >= 4 is 34.2 Å². The van der Waals surface area contributed by atoms with E-state index in [0.717, 1.165) is 0 Å². The van der Waals surface area contributed by atoms with E-state index in [0.29, 0.717) is 8.85 Å². The molecule has 0 saturated carbocycles. The Kier molecular flexibility index (Phi) is 2.07. The molecule has 1 N–H and O–H groups in total. The van der Waals surface area contributed by atoms with Gasteiger partial charge in [-0.15, -0.1) is 0 Å². The van der Waals surface area contributed by atoms with Crippen LogP contribution in [0.1, 0.15) is 0 Å². The van der Waals surface area contributed by atoms with Crippen molar-refractivity contribution in [2.24, 2.45) is 0 Å². The number of hydrogen-bond acceptors (Lipinski definition) is 2. The number of hydrogen-bond donors (Lipinski definition) is 1. The fraction of sp³-hybridized carbons (Fsp3) is 0. The molecule has 0 aliphatic rings. The molecule has 1 aromatic heterocycles. The number of nitrogens with one attached hydrogen (secondary N) is 1. The highest BCUT2D eigenvalue weighted by atomic mass is 127. The summed E-state index contributed by atoms with van der Waals surface area (Å²) in [5.74, 6) is 0. The van der Waals surface area contributed by atoms with Crippen LogP contribution in [0.4, 0.5) is 0 Å². The summed E-state index contributed by atoms with van der Waals surface area (Å²) >= 11 is 7.37. The van der Waals surface area contributed by atoms with Gasteiger partial charge in [-0.2, -0.15) is 4.98 Å². The molecule has 1 heterocycles. The maximum absolute atomic E-state index is 10.5. The highest BCUT2D eigenvalue weighted by Gasteiger charge is 1.91. The second-order valence-electron chi connectivity index (χ2n) is 1.36. The van der Waals surface area contributed by atoms with Gasteiger partial charge in [-0.1, -0.05) is 11.6 Å². The molecule has 0 bridgehead atoms. The van der Waals surface area contributed by atoms with Gasteiger partial charge in [-0.25, -0.2) is 4.79 Å². The molecule has 0 spiro atoms. The molecule has 0 aliphatic carbocycles. The van der Waals surface area contributed by atoms with Gasteiger partial charge >= 0.3 is 5.69 Å². The third-order valence-corrected chi connectivity index (χ3v) is 1.44. The lowest BCUT2D eigenvalue weighted by Gasteiger charge is -1.87. The van der Waals surface area contributed by atoms with Crippen LogP contribution in [0.5, 0.6) is 0 Å². The Morgan fingerprint density at radius 2 is 2.44 bits per heavy atom. The predicted octanol–water partition coefficient (Wildman–Crippen LogP) is 1.03. The topological polar surface area (TPSA) is 45.8 Å². The monoisotopic (exact) mass is 256 g/mol. The average molecular weight is 256 g/mol. The summed E-state index contributed by atoms with van der Waals surface area (Å²) < 4.78 is 0.598. The number of halogens is 2. The highest BCUT2D eigenvalue weighted by Crippen LogP contribution is 2.03. The van der Waals surface area contributed by atoms with Crippen LogP contribution < -0.4 is 5.69 Å². The zero-order valence-corrected chi connectivity index (χ0v) is 7.10. The molecule has 0 aliphatic heterocycles. The second kappa shape index (κ2) is 2.66. The van der Waals surface area contributed by atoms with Crippen molar-refractivity contribution in [3.63, 3.8) is 0 Å². The van der Waals surface area contributed by atoms with Crippen molar-refractivity contribution in [3.8, 4) is 0 Å². The number of aromatic nitrogens is 2. The summed E-state index contributed by atoms with van der Waals surface area (Å²) in [5.41, 5.74) is -0.410. The number of rotatable bonds is 0. The van der Waals surface area contributed by atoms with Gasteiger partial charge in [-0.3, -0.25) is 4.98 Å². The first-order valence-corrected chi connectivity index (χ1v) is 3.56. The summed E-state index contributed by atoms with van der Waals surface area (Å²) in [7, 11) is 0. The van der Waals surface area contributed by atoms with Crippen LogP contribution in [0.2, 0.25) is 5.15 Å². The standard InChI is InChI=1S/C4H2ClIN2O/c5-2-1-3(6)8-4(9)7-2/h1H,(H,7,8,9). The van der Waals surface area contributed by atoms with Gasteiger partial charge < -0.3 is 0 Å². The first-order valence-electron chi connectivity index (χ1n) is 2.11. The molecule has 0 atom stereocenters. The van der Waals surface area contributed by atoms with Gasteiger partial charge in [0.1, 0.15) is 8.85 Å². The third kappa shape index (κ3) is 1.94. The van der Waals surface area contributed by atoms with E-state index in [1.165, 1.54) is 0 Å². The van der Waals surface area contributed by atoms with E-state index in [-0.39, 0.29) is 0 Å². The lowest BCUT2D eigenvalue weighted by atomic mass is 10.7. The van der Waals surface area contributed by atoms with Crippen molar-refractivity contribution in [1.29, 1.82) is 0 Å². The lowest BCUT2D eigenvalue weighted by molar-refractivity contribution is 1.05. The van der Waals surface area contributed by atoms with E-state index in [4.69, 9.17) is 11.6 Å². The van der Waals surface area contributed by atoms with E-state index < -0.39 is 5.69 Å². The van der Waals surface area contributed by atoms with Crippen molar-refractivity contribution in [2.75, 3.05) is 0 Å². The first-order chi connectivity index (χ1) is 4.18. The minimum atomic E-state index is -0.410. The minimum Gasteiger partial charge on any atom is -0.296 e. The number of H-pyrrole nitrogens is 1. The Bertz CT molecular complexity index is 248. The highest BCUT2D eigenvalue weighted by molar-refractivity contribution is 14.1. The van der Waals surface area contributed by atoms with E-state index in [1.807, 2.05) is 22.6 Å². The maximum Gasteiger partial charge on any atom is 0.347 e. The van der Waals surface area contributed by atoms with Crippen LogP contribution in [0.15, 0.2) is 10.9 Å². The Labute approximate surface area is 69.6 Å². The van der Waals surface area contributed by atoms with Crippen molar-refractivity contribution in [1.82, 2.24) is 9.97 Å². The van der Waals surface area contributed by atoms with E-state index in [2.05, 4.69) is 9.97 Å². The van der Waals surface area contributed by atoms with Gasteiger partial charge in [-0.05, 0) is 22.6 Å². The first kappa shape index (κ1) is 7.01. The summed E-state index contributed by atoms with van der Waals surface area (Å²) in [4.78, 5) is 16.3. The average Bonchev–Trinajstić information content (AvgIpc) is 1.59. The zero-order chi connectivity index (χ0) is 6.85. The maximum atomic E-state index is 10.5. The van der Waals surface area contributed by atoms with E-state index in [1.54, 1.807) is 6.07 Å². The molecule has 48 valence electrons. The molecule has 0 amide bonds. The smallest absolute Gasteiger partial charge is 0.296 e. The molecule has 5 heteroatoms. The molecule has 1 aromatic rings. The zero-order valence-electron chi connectivity index (χ0n) is 4.19. The normalized spacial score (nSPS) is 9.56. The van der Waals surface area contributed by atoms with E-state index in [9.17, 15) is 4.79 Å². The van der Waals surface area contributed by atoms with Crippen LogP contribution in [0.25, 0.3) is 0 Å². The molecule has 1 rings (SSSR count). The van der Waals surface area contributed by atoms with Gasteiger partial charge in [0.25, 0.3) is 0 Å². The minimum absolute atomic E-state index is 0.319. The molecule has 3 nitrogen and oxygen atoms in total. The Morgan fingerprint density at radius 3 is 2.89 bits per heavy atom. The molecule has 0 saturated heterocycles. The summed E-state index contributed by atoms with van der Waals surface area (Å²) in [6.07, 6.45) is 0. The van der Waals surface area contributed by atoms with Crippen molar-refractivity contribution in [3.05, 3.63) is 25.4 Å². The Morgan fingerprint density at radius 1 is 1.78 bits per heavy atom. The molecular formula is C4H2ClIN2O. The van der Waals surface area contributed by atoms with Crippen LogP contribution in [-0.2, 0) is 0 Å². The van der Waals surface area contributed by atoms with Crippen LogP contribution >= 0.6 is 34.2 Å². The molecule has 0 fully saturated rings. The summed E-state index contributed by atoms with van der Waals surface area (Å²) in [6, 6.07) is 1.57. The quantitative estimate of drug-likeness (QED) is 0.556. The van der Waals surface area contributed by atoms with Crippen LogP contribution in [-0.4, -0.2) is 9.97 Å². The third-order valence-electron chi connectivity index (χ3n) is 0.681. The SMILES string of the molecule is O=c1nc(I)cc(Cl)[nH]1.